The summed E-state index contributed by atoms with van der Waals surface area (Å²) in [5.74, 6) is 3.71. The molecule has 0 aliphatic carbocycles. The summed E-state index contributed by atoms with van der Waals surface area (Å²) < 4.78 is 10.2. The number of hydrogen-bond acceptors (Lipinski definition) is 2. The van der Waals surface area contributed by atoms with Gasteiger partial charge in [0.2, 0.25) is 6.79 Å². The third-order valence-corrected chi connectivity index (χ3v) is 1.52. The molecule has 0 bridgehead atoms. The van der Waals surface area contributed by atoms with Crippen LogP contribution >= 0.6 is 0 Å². The fourth-order valence-corrected chi connectivity index (χ4v) is 0.974. The minimum atomic E-state index is 0. The quantitative estimate of drug-likeness (QED) is 0.252. The third-order valence-electron chi connectivity index (χ3n) is 1.52. The predicted octanol–water partition coefficient (Wildman–Crippen LogP) is -1.64. The Morgan fingerprint density at radius 1 is 1.25 bits per heavy atom. The summed E-state index contributed by atoms with van der Waals surface area (Å²) in [6, 6.07) is 5.27. The van der Waals surface area contributed by atoms with Gasteiger partial charge in [0.25, 0.3) is 0 Å². The van der Waals surface area contributed by atoms with E-state index in [1.807, 2.05) is 0 Å². The van der Waals surface area contributed by atoms with Crippen molar-refractivity contribution in [3.05, 3.63) is 30.2 Å². The van der Waals surface area contributed by atoms with E-state index >= 15 is 0 Å². The maximum absolute atomic E-state index is 6.86. The van der Waals surface area contributed by atoms with Gasteiger partial charge in [0.15, 0.2) is 5.75 Å². The van der Waals surface area contributed by atoms with Crippen LogP contribution in [0.1, 0.15) is 5.56 Å². The molecule has 0 N–H and O–H groups in total. The Hall–Kier alpha value is -1.02. The number of benzene rings is 1. The molecule has 2 nitrogen and oxygen atoms in total. The van der Waals surface area contributed by atoms with E-state index in [0.717, 1.165) is 5.75 Å². The van der Waals surface area contributed by atoms with Gasteiger partial charge in [-0.2, -0.15) is 0 Å². The van der Waals surface area contributed by atoms with Crippen molar-refractivity contribution >= 4 is 0 Å². The minimum Gasteiger partial charge on any atom is -0.455 e. The van der Waals surface area contributed by atoms with Gasteiger partial charge < -0.3 is 15.9 Å². The summed E-state index contributed by atoms with van der Waals surface area (Å²) in [7, 11) is 0. The number of fused-ring (bicyclic) bond motifs is 1. The van der Waals surface area contributed by atoms with Crippen molar-refractivity contribution in [3.63, 3.8) is 0 Å². The Labute approximate surface area is 83.0 Å². The van der Waals surface area contributed by atoms with Crippen LogP contribution in [0.3, 0.4) is 0 Å². The molecule has 0 fully saturated rings. The molecule has 1 aliphatic rings. The van der Waals surface area contributed by atoms with Crippen LogP contribution in [0, 0.1) is 12.3 Å². The van der Waals surface area contributed by atoms with Gasteiger partial charge in [-0.05, 0) is 6.07 Å². The molecule has 0 atom stereocenters. The molecule has 12 heavy (non-hydrogen) atoms. The maximum Gasteiger partial charge on any atom is 1.00 e. The molecule has 0 amide bonds. The van der Waals surface area contributed by atoms with Crippen LogP contribution in [0.5, 0.6) is 11.5 Å². The van der Waals surface area contributed by atoms with Gasteiger partial charge >= 0.3 is 18.9 Å². The summed E-state index contributed by atoms with van der Waals surface area (Å²) in [5, 5.41) is 0. The van der Waals surface area contributed by atoms with Crippen LogP contribution < -0.4 is 28.3 Å². The third kappa shape index (κ3) is 1.43. The van der Waals surface area contributed by atoms with Crippen molar-refractivity contribution in [1.29, 1.82) is 0 Å². The number of rotatable bonds is 0. The fraction of sp³-hybridized carbons (Fsp3) is 0.111. The minimum absolute atomic E-state index is 0. The van der Waals surface area contributed by atoms with E-state index in [1.165, 1.54) is 0 Å². The van der Waals surface area contributed by atoms with E-state index in [4.69, 9.17) is 15.9 Å². The van der Waals surface area contributed by atoms with Gasteiger partial charge in [-0.25, -0.2) is 0 Å². The average molecular weight is 152 g/mol. The van der Waals surface area contributed by atoms with Crippen LogP contribution in [-0.4, -0.2) is 6.79 Å². The smallest absolute Gasteiger partial charge is 0.455 e. The second kappa shape index (κ2) is 3.58. The van der Waals surface area contributed by atoms with Crippen LogP contribution in [0.15, 0.2) is 18.2 Å². The monoisotopic (exact) mass is 152 g/mol. The molecule has 0 saturated carbocycles. The van der Waals surface area contributed by atoms with Crippen LogP contribution in [0.4, 0.5) is 0 Å². The summed E-state index contributed by atoms with van der Waals surface area (Å²) in [6.07, 6.45) is 6.86. The first kappa shape index (κ1) is 9.07. The van der Waals surface area contributed by atoms with Gasteiger partial charge in [-0.15, -0.1) is 11.6 Å². The molecule has 54 valence electrons. The summed E-state index contributed by atoms with van der Waals surface area (Å²) in [6.45, 7) is 0.275. The number of hydrogen-bond donors (Lipinski definition) is 0. The Kier molecular flexibility index (Phi) is 2.71. The molecule has 0 spiro atoms. The van der Waals surface area contributed by atoms with Crippen LogP contribution in [0.2, 0.25) is 0 Å². The summed E-state index contributed by atoms with van der Waals surface area (Å²) in [5.41, 5.74) is 0.703. The molecule has 0 radical (unpaired) electrons. The number of ether oxygens (including phenoxy) is 2. The van der Waals surface area contributed by atoms with E-state index in [1.54, 1.807) is 18.2 Å². The molecule has 1 heterocycles. The molecule has 0 aromatic heterocycles. The van der Waals surface area contributed by atoms with E-state index in [0.29, 0.717) is 11.3 Å². The van der Waals surface area contributed by atoms with Gasteiger partial charge in [0.05, 0.1) is 0 Å². The normalized spacial score (nSPS) is 11.6. The summed E-state index contributed by atoms with van der Waals surface area (Å²) in [4.78, 5) is 0. The summed E-state index contributed by atoms with van der Waals surface area (Å²) >= 11 is 0. The molecule has 2 rings (SSSR count). The zero-order valence-corrected chi connectivity index (χ0v) is 6.76. The Morgan fingerprint density at radius 3 is 2.75 bits per heavy atom. The Balaban J connectivity index is 0.000000720. The van der Waals surface area contributed by atoms with Gasteiger partial charge in [0.1, 0.15) is 5.75 Å². The van der Waals surface area contributed by atoms with E-state index in [-0.39, 0.29) is 25.7 Å². The van der Waals surface area contributed by atoms with Crippen molar-refractivity contribution in [3.8, 4) is 17.4 Å². The predicted molar refractivity (Wildman–Crippen MR) is 38.8 cm³/mol. The first-order valence-electron chi connectivity index (χ1n) is 3.22. The second-order valence-electron chi connectivity index (χ2n) is 2.19. The molecule has 0 unspecified atom stereocenters. The van der Waals surface area contributed by atoms with Gasteiger partial charge in [-0.3, -0.25) is 5.92 Å². The van der Waals surface area contributed by atoms with Crippen LogP contribution in [0.25, 0.3) is 0 Å². The Bertz CT molecular complexity index is 328. The van der Waals surface area contributed by atoms with Crippen LogP contribution in [-0.2, 0) is 0 Å². The van der Waals surface area contributed by atoms with E-state index in [9.17, 15) is 0 Å². The van der Waals surface area contributed by atoms with E-state index < -0.39 is 0 Å². The maximum atomic E-state index is 6.86. The molecule has 3 heteroatoms. The molecule has 1 aromatic carbocycles. The molecule has 0 saturated heterocycles. The molecular formula is C9H5LiO2. The van der Waals surface area contributed by atoms with Crippen molar-refractivity contribution in [1.82, 2.24) is 0 Å². The molecular weight excluding hydrogens is 147 g/mol. The first-order chi connectivity index (χ1) is 5.40. The van der Waals surface area contributed by atoms with Crippen molar-refractivity contribution in [2.75, 3.05) is 6.79 Å². The second-order valence-corrected chi connectivity index (χ2v) is 2.19. The van der Waals surface area contributed by atoms with Gasteiger partial charge in [0, 0.05) is 0 Å². The molecule has 1 aliphatic heterocycles. The van der Waals surface area contributed by atoms with Gasteiger partial charge in [-0.1, -0.05) is 6.07 Å². The van der Waals surface area contributed by atoms with E-state index in [2.05, 4.69) is 5.92 Å². The standard InChI is InChI=1S/C9H5O2.Li/c1-2-7-3-4-8-9(5-7)11-6-10-8;/h3-5H,6H2;/q-1;+1. The SMILES string of the molecule is [C-]#Cc1ccc2c(c1)OCO2.[Li+]. The van der Waals surface area contributed by atoms with Crippen molar-refractivity contribution in [2.45, 2.75) is 0 Å². The topological polar surface area (TPSA) is 18.5 Å². The first-order valence-corrected chi connectivity index (χ1v) is 3.22. The largest absolute Gasteiger partial charge is 1.00 e. The zero-order chi connectivity index (χ0) is 7.68. The molecule has 1 aromatic rings. The average Bonchev–Trinajstić information content (AvgIpc) is 2.50. The Morgan fingerprint density at radius 2 is 2.00 bits per heavy atom. The fourth-order valence-electron chi connectivity index (χ4n) is 0.974. The van der Waals surface area contributed by atoms with Crippen molar-refractivity contribution < 1.29 is 28.3 Å². The van der Waals surface area contributed by atoms with Crippen molar-refractivity contribution in [2.24, 2.45) is 0 Å². The zero-order valence-electron chi connectivity index (χ0n) is 6.76.